The molecule has 1 aromatic heterocycles. The first-order chi connectivity index (χ1) is 13.5. The summed E-state index contributed by atoms with van der Waals surface area (Å²) in [4.78, 5) is 36.1. The molecule has 8 nitrogen and oxygen atoms in total. The first kappa shape index (κ1) is 18.5. The van der Waals surface area contributed by atoms with Gasteiger partial charge in [-0.2, -0.15) is 9.97 Å². The molecule has 4 rings (SSSR count). The van der Waals surface area contributed by atoms with Crippen molar-refractivity contribution in [1.82, 2.24) is 9.97 Å². The Kier molecular flexibility index (Phi) is 5.04. The molecule has 2 aromatic rings. The number of hydrogen-bond donors (Lipinski definition) is 3. The van der Waals surface area contributed by atoms with E-state index in [-0.39, 0.29) is 24.1 Å². The average Bonchev–Trinajstić information content (AvgIpc) is 2.67. The molecular weight excluding hydrogens is 380 g/mol. The molecule has 28 heavy (non-hydrogen) atoms. The van der Waals surface area contributed by atoms with Crippen LogP contribution in [-0.4, -0.2) is 34.9 Å². The molecule has 0 bridgehead atoms. The van der Waals surface area contributed by atoms with Gasteiger partial charge in [-0.15, -0.1) is 0 Å². The van der Waals surface area contributed by atoms with E-state index in [0.29, 0.717) is 28.0 Å². The number of hydrogen-bond acceptors (Lipinski definition) is 6. The van der Waals surface area contributed by atoms with Crippen molar-refractivity contribution in [2.24, 2.45) is 0 Å². The van der Waals surface area contributed by atoms with E-state index in [1.165, 1.54) is 6.42 Å². The fourth-order valence-corrected chi connectivity index (χ4v) is 3.83. The number of rotatable bonds is 3. The fourth-order valence-electron chi connectivity index (χ4n) is 3.64. The number of nitrogens with zero attached hydrogens (tertiary/aromatic N) is 3. The minimum absolute atomic E-state index is 0.0178. The van der Waals surface area contributed by atoms with Crippen LogP contribution in [0.2, 0.25) is 5.02 Å². The van der Waals surface area contributed by atoms with Gasteiger partial charge < -0.3 is 21.3 Å². The Balaban J connectivity index is 1.64. The normalized spacial score (nSPS) is 19.0. The highest BCUT2D eigenvalue weighted by Gasteiger charge is 2.35. The van der Waals surface area contributed by atoms with E-state index < -0.39 is 5.92 Å². The van der Waals surface area contributed by atoms with Gasteiger partial charge >= 0.3 is 0 Å². The summed E-state index contributed by atoms with van der Waals surface area (Å²) in [7, 11) is 0. The summed E-state index contributed by atoms with van der Waals surface area (Å²) in [6.45, 7) is 1.70. The van der Waals surface area contributed by atoms with E-state index in [4.69, 9.17) is 17.3 Å². The number of benzene rings is 1. The molecule has 3 heterocycles. The minimum Gasteiger partial charge on any atom is -0.383 e. The SMILES string of the molecule is Nc1nc(N2CCCCC2)nc2c1[C@H](C(=O)Nc1cccc(Cl)c1)CC(=O)N2. The highest BCUT2D eigenvalue weighted by molar-refractivity contribution is 6.30. The minimum atomic E-state index is -0.766. The highest BCUT2D eigenvalue weighted by Crippen LogP contribution is 2.37. The summed E-state index contributed by atoms with van der Waals surface area (Å²) in [5.41, 5.74) is 7.22. The Hall–Kier alpha value is -2.87. The second-order valence-corrected chi connectivity index (χ2v) is 7.46. The quantitative estimate of drug-likeness (QED) is 0.730. The van der Waals surface area contributed by atoms with Crippen LogP contribution in [0.1, 0.15) is 37.2 Å². The van der Waals surface area contributed by atoms with Gasteiger partial charge in [0.05, 0.1) is 11.5 Å². The Morgan fingerprint density at radius 1 is 1.25 bits per heavy atom. The second kappa shape index (κ2) is 7.63. The number of nitrogens with two attached hydrogens (primary N) is 1. The molecule has 1 aromatic carbocycles. The van der Waals surface area contributed by atoms with E-state index in [1.807, 2.05) is 0 Å². The van der Waals surface area contributed by atoms with Crippen molar-refractivity contribution in [2.45, 2.75) is 31.6 Å². The Bertz CT molecular complexity index is 929. The largest absolute Gasteiger partial charge is 0.383 e. The topological polar surface area (TPSA) is 113 Å². The van der Waals surface area contributed by atoms with Crippen LogP contribution in [0.5, 0.6) is 0 Å². The molecular formula is C19H21ClN6O2. The Labute approximate surface area is 167 Å². The lowest BCUT2D eigenvalue weighted by molar-refractivity contribution is -0.123. The number of fused-ring (bicyclic) bond motifs is 1. The zero-order valence-electron chi connectivity index (χ0n) is 15.2. The third-order valence-corrected chi connectivity index (χ3v) is 5.24. The zero-order valence-corrected chi connectivity index (χ0v) is 16.0. The van der Waals surface area contributed by atoms with Crippen LogP contribution in [0.3, 0.4) is 0 Å². The van der Waals surface area contributed by atoms with Crippen LogP contribution in [0.4, 0.5) is 23.3 Å². The number of nitrogen functional groups attached to an aromatic ring is 1. The molecule has 2 aliphatic rings. The van der Waals surface area contributed by atoms with Crippen LogP contribution in [0, 0.1) is 0 Å². The van der Waals surface area contributed by atoms with Gasteiger partial charge in [0.2, 0.25) is 17.8 Å². The fraction of sp³-hybridized carbons (Fsp3) is 0.368. The molecule has 0 saturated carbocycles. The van der Waals surface area contributed by atoms with Crippen LogP contribution >= 0.6 is 11.6 Å². The maximum Gasteiger partial charge on any atom is 0.232 e. The monoisotopic (exact) mass is 400 g/mol. The molecule has 4 N–H and O–H groups in total. The number of halogens is 1. The third kappa shape index (κ3) is 3.73. The summed E-state index contributed by atoms with van der Waals surface area (Å²) in [6, 6.07) is 6.83. The van der Waals surface area contributed by atoms with Crippen molar-refractivity contribution < 1.29 is 9.59 Å². The van der Waals surface area contributed by atoms with Crippen LogP contribution in [-0.2, 0) is 9.59 Å². The molecule has 1 atom stereocenters. The van der Waals surface area contributed by atoms with E-state index in [2.05, 4.69) is 25.5 Å². The van der Waals surface area contributed by atoms with Crippen LogP contribution in [0.15, 0.2) is 24.3 Å². The number of carbonyl (C=O) groups excluding carboxylic acids is 2. The van der Waals surface area contributed by atoms with Gasteiger partial charge in [-0.3, -0.25) is 9.59 Å². The molecule has 146 valence electrons. The lowest BCUT2D eigenvalue weighted by Gasteiger charge is -2.30. The standard InChI is InChI=1S/C19H21ClN6O2/c20-11-5-4-6-12(9-11)22-18(28)13-10-14(27)23-17-15(13)16(21)24-19(25-17)26-7-2-1-3-8-26/h4-6,9,13H,1-3,7-8,10H2,(H,22,28)(H3,21,23,24,25,27)/t13-/m1/s1. The molecule has 9 heteroatoms. The van der Waals surface area contributed by atoms with Gasteiger partial charge in [-0.05, 0) is 37.5 Å². The first-order valence-corrected chi connectivity index (χ1v) is 9.67. The maximum atomic E-state index is 12.9. The van der Waals surface area contributed by atoms with Crippen LogP contribution in [0.25, 0.3) is 0 Å². The average molecular weight is 401 g/mol. The lowest BCUT2D eigenvalue weighted by atomic mass is 9.92. The molecule has 0 spiro atoms. The summed E-state index contributed by atoms with van der Waals surface area (Å²) >= 11 is 5.97. The van der Waals surface area contributed by atoms with Gasteiger partial charge in [-0.25, -0.2) is 0 Å². The molecule has 1 saturated heterocycles. The smallest absolute Gasteiger partial charge is 0.232 e. The predicted octanol–water partition coefficient (Wildman–Crippen LogP) is 2.77. The van der Waals surface area contributed by atoms with Gasteiger partial charge in [0, 0.05) is 30.2 Å². The molecule has 0 aliphatic carbocycles. The van der Waals surface area contributed by atoms with Crippen molar-refractivity contribution in [2.75, 3.05) is 34.4 Å². The third-order valence-electron chi connectivity index (χ3n) is 5.01. The Morgan fingerprint density at radius 3 is 2.79 bits per heavy atom. The van der Waals surface area contributed by atoms with Gasteiger partial charge in [0.1, 0.15) is 11.6 Å². The van der Waals surface area contributed by atoms with Crippen molar-refractivity contribution in [1.29, 1.82) is 0 Å². The molecule has 0 unspecified atom stereocenters. The summed E-state index contributed by atoms with van der Waals surface area (Å²) in [5.74, 6) is -0.363. The van der Waals surface area contributed by atoms with E-state index in [0.717, 1.165) is 25.9 Å². The van der Waals surface area contributed by atoms with Crippen LogP contribution < -0.4 is 21.3 Å². The van der Waals surface area contributed by atoms with E-state index in [9.17, 15) is 9.59 Å². The number of amides is 2. The molecule has 1 fully saturated rings. The molecule has 2 amide bonds. The first-order valence-electron chi connectivity index (χ1n) is 9.30. The van der Waals surface area contributed by atoms with Crippen molar-refractivity contribution >= 4 is 46.7 Å². The number of aromatic nitrogens is 2. The van der Waals surface area contributed by atoms with Crippen molar-refractivity contribution in [3.05, 3.63) is 34.9 Å². The van der Waals surface area contributed by atoms with Gasteiger partial charge in [-0.1, -0.05) is 17.7 Å². The van der Waals surface area contributed by atoms with Gasteiger partial charge in [0.25, 0.3) is 0 Å². The van der Waals surface area contributed by atoms with E-state index in [1.54, 1.807) is 24.3 Å². The number of nitrogens with one attached hydrogen (secondary N) is 2. The Morgan fingerprint density at radius 2 is 2.04 bits per heavy atom. The lowest BCUT2D eigenvalue weighted by Crippen LogP contribution is -2.35. The van der Waals surface area contributed by atoms with E-state index >= 15 is 0 Å². The van der Waals surface area contributed by atoms with Crippen molar-refractivity contribution in [3.8, 4) is 0 Å². The second-order valence-electron chi connectivity index (χ2n) is 7.02. The number of carbonyl (C=O) groups is 2. The maximum absolute atomic E-state index is 12.9. The summed E-state index contributed by atoms with van der Waals surface area (Å²) in [6.07, 6.45) is 3.30. The summed E-state index contributed by atoms with van der Waals surface area (Å²) < 4.78 is 0. The highest BCUT2D eigenvalue weighted by atomic mass is 35.5. The summed E-state index contributed by atoms with van der Waals surface area (Å²) in [5, 5.41) is 6.04. The molecule has 2 aliphatic heterocycles. The predicted molar refractivity (Wildman–Crippen MR) is 109 cm³/mol. The number of anilines is 4. The zero-order chi connectivity index (χ0) is 19.7. The molecule has 0 radical (unpaired) electrons. The van der Waals surface area contributed by atoms with Crippen molar-refractivity contribution in [3.63, 3.8) is 0 Å². The van der Waals surface area contributed by atoms with Gasteiger partial charge in [0.15, 0.2) is 0 Å². The number of piperidine rings is 1.